The second-order valence-electron chi connectivity index (χ2n) is 19.4. The molecular formula is C51H56Cl3F2N5O6. The fourth-order valence-corrected chi connectivity index (χ4v) is 10.5. The average molecular weight is 979 g/mol. The minimum Gasteiger partial charge on any atom is -0.491 e. The third-order valence-electron chi connectivity index (χ3n) is 12.7. The van der Waals surface area contributed by atoms with Crippen molar-refractivity contribution in [1.29, 1.82) is 10.5 Å². The van der Waals surface area contributed by atoms with Crippen molar-refractivity contribution in [2.45, 2.75) is 90.4 Å². The van der Waals surface area contributed by atoms with Gasteiger partial charge < -0.3 is 34.9 Å². The lowest BCUT2D eigenvalue weighted by molar-refractivity contribution is -0.164. The van der Waals surface area contributed by atoms with Crippen LogP contribution in [0.2, 0.25) is 15.1 Å². The standard InChI is InChI=1S/C51H56Cl3F2N5O6/c1-48(2,3)27-40-51(29-58,36-18-14-32(52)25-39(36)55)41(35-9-8-10-37(53)42(35)56)43(60-40)45(63)59-19-20-64-21-22-65-23-24-66-33-15-11-30(12-16-33)44(62)61-46-49(4,5)47(50(46,6)7)67-34-17-13-31(28-57)38(54)26-34/h8-18,25-26,40-41,43,46-47,60H,19-24,27H2,1-7H3,(H,59,63)(H,61,62)/t40?,41-,43?,46?,47?,51-/m0/s1. The van der Waals surface area contributed by atoms with Gasteiger partial charge in [-0.05, 0) is 72.0 Å². The second-order valence-corrected chi connectivity index (χ2v) is 20.6. The van der Waals surface area contributed by atoms with Crippen LogP contribution in [0.15, 0.2) is 78.9 Å². The van der Waals surface area contributed by atoms with E-state index in [0.29, 0.717) is 34.1 Å². The van der Waals surface area contributed by atoms with Crippen molar-refractivity contribution in [3.8, 4) is 23.6 Å². The van der Waals surface area contributed by atoms with Gasteiger partial charge in [-0.2, -0.15) is 10.5 Å². The summed E-state index contributed by atoms with van der Waals surface area (Å²) in [5.41, 5.74) is -2.05. The highest BCUT2D eigenvalue weighted by molar-refractivity contribution is 6.32. The van der Waals surface area contributed by atoms with E-state index in [0.717, 1.165) is 6.07 Å². The minimum absolute atomic E-state index is 0.00108. The molecule has 2 aliphatic rings. The Balaban J connectivity index is 0.948. The van der Waals surface area contributed by atoms with Gasteiger partial charge in [0.1, 0.15) is 47.3 Å². The lowest BCUT2D eigenvalue weighted by Gasteiger charge is -2.63. The molecule has 1 saturated carbocycles. The number of hydrogen-bond acceptors (Lipinski definition) is 9. The molecule has 4 atom stereocenters. The van der Waals surface area contributed by atoms with E-state index in [1.807, 2.05) is 54.5 Å². The maximum Gasteiger partial charge on any atom is 0.251 e. The van der Waals surface area contributed by atoms with E-state index in [4.69, 9.17) is 53.8 Å². The second kappa shape index (κ2) is 21.1. The van der Waals surface area contributed by atoms with Gasteiger partial charge in [-0.3, -0.25) is 9.59 Å². The van der Waals surface area contributed by atoms with Gasteiger partial charge in [0, 0.05) is 57.6 Å². The molecule has 16 heteroatoms. The van der Waals surface area contributed by atoms with E-state index in [1.54, 1.807) is 42.5 Å². The van der Waals surface area contributed by atoms with Gasteiger partial charge in [-0.15, -0.1) is 0 Å². The average Bonchev–Trinajstić information content (AvgIpc) is 3.58. The maximum absolute atomic E-state index is 15.9. The number of halogens is 5. The van der Waals surface area contributed by atoms with Gasteiger partial charge >= 0.3 is 0 Å². The van der Waals surface area contributed by atoms with E-state index < -0.39 is 51.8 Å². The Morgan fingerprint density at radius 2 is 1.48 bits per heavy atom. The zero-order valence-corrected chi connectivity index (χ0v) is 40.8. The molecule has 2 unspecified atom stereocenters. The molecule has 6 rings (SSSR count). The van der Waals surface area contributed by atoms with Crippen LogP contribution in [0.3, 0.4) is 0 Å². The molecule has 1 aliphatic heterocycles. The summed E-state index contributed by atoms with van der Waals surface area (Å²) in [7, 11) is 0. The predicted octanol–water partition coefficient (Wildman–Crippen LogP) is 9.96. The molecule has 2 fully saturated rings. The summed E-state index contributed by atoms with van der Waals surface area (Å²) >= 11 is 18.6. The number of carbonyl (C=O) groups is 2. The molecule has 0 spiro atoms. The van der Waals surface area contributed by atoms with Crippen LogP contribution < -0.4 is 25.4 Å². The first-order valence-corrected chi connectivity index (χ1v) is 23.2. The summed E-state index contributed by atoms with van der Waals surface area (Å²) in [6.07, 6.45) is 0.119. The van der Waals surface area contributed by atoms with Gasteiger partial charge in [0.15, 0.2) is 0 Å². The molecule has 11 nitrogen and oxygen atoms in total. The topological polar surface area (TPSA) is 155 Å². The zero-order chi connectivity index (χ0) is 48.9. The van der Waals surface area contributed by atoms with Crippen molar-refractivity contribution in [2.75, 3.05) is 39.6 Å². The summed E-state index contributed by atoms with van der Waals surface area (Å²) in [6, 6.07) is 22.5. The molecule has 0 radical (unpaired) electrons. The Kier molecular flexibility index (Phi) is 16.2. The molecule has 1 heterocycles. The summed E-state index contributed by atoms with van der Waals surface area (Å²) < 4.78 is 55.3. The number of nitriles is 2. The number of nitrogens with zero attached hydrogens (tertiary/aromatic N) is 2. The van der Waals surface area contributed by atoms with Crippen LogP contribution in [0.25, 0.3) is 0 Å². The first kappa shape index (κ1) is 51.4. The van der Waals surface area contributed by atoms with Crippen LogP contribution in [-0.4, -0.2) is 75.6 Å². The molecule has 356 valence electrons. The Morgan fingerprint density at radius 3 is 2.10 bits per heavy atom. The van der Waals surface area contributed by atoms with E-state index >= 15 is 8.78 Å². The van der Waals surface area contributed by atoms with Gasteiger partial charge in [0.25, 0.3) is 5.91 Å². The van der Waals surface area contributed by atoms with Gasteiger partial charge in [-0.1, -0.05) is 101 Å². The van der Waals surface area contributed by atoms with Gasteiger partial charge in [0.2, 0.25) is 5.91 Å². The molecule has 2 amide bonds. The van der Waals surface area contributed by atoms with Crippen molar-refractivity contribution in [3.05, 3.63) is 128 Å². The van der Waals surface area contributed by atoms with Crippen LogP contribution in [0.5, 0.6) is 11.5 Å². The number of rotatable bonds is 18. The Labute approximate surface area is 406 Å². The molecular weight excluding hydrogens is 923 g/mol. The Bertz CT molecular complexity index is 2510. The number of carbonyl (C=O) groups excluding carboxylic acids is 2. The fraction of sp³-hybridized carbons (Fsp3) is 0.451. The van der Waals surface area contributed by atoms with Crippen LogP contribution >= 0.6 is 34.8 Å². The quantitative estimate of drug-likeness (QED) is 0.0827. The van der Waals surface area contributed by atoms with Crippen molar-refractivity contribution < 1.29 is 37.3 Å². The number of amides is 2. The van der Waals surface area contributed by atoms with E-state index in [2.05, 4.69) is 22.0 Å². The third-order valence-corrected chi connectivity index (χ3v) is 13.5. The molecule has 0 aromatic heterocycles. The highest BCUT2D eigenvalue weighted by Crippen LogP contribution is 2.56. The van der Waals surface area contributed by atoms with Gasteiger partial charge in [-0.25, -0.2) is 8.78 Å². The molecule has 1 aliphatic carbocycles. The third kappa shape index (κ3) is 11.2. The first-order chi connectivity index (χ1) is 31.6. The summed E-state index contributed by atoms with van der Waals surface area (Å²) in [5, 5.41) is 29.8. The number of nitrogens with one attached hydrogen (secondary N) is 3. The molecule has 4 aromatic carbocycles. The van der Waals surface area contributed by atoms with Crippen LogP contribution in [-0.2, 0) is 19.7 Å². The molecule has 3 N–H and O–H groups in total. The summed E-state index contributed by atoms with van der Waals surface area (Å²) in [5.74, 6) is -2.31. The minimum atomic E-state index is -1.73. The van der Waals surface area contributed by atoms with Crippen LogP contribution in [0.1, 0.15) is 87.9 Å². The normalized spacial score (nSPS) is 22.7. The van der Waals surface area contributed by atoms with Gasteiger partial charge in [0.05, 0.1) is 54.1 Å². The monoisotopic (exact) mass is 977 g/mol. The van der Waals surface area contributed by atoms with E-state index in [-0.39, 0.29) is 84.2 Å². The number of hydrogen-bond donors (Lipinski definition) is 3. The lowest BCUT2D eigenvalue weighted by atomic mass is 9.49. The Morgan fingerprint density at radius 1 is 0.821 bits per heavy atom. The highest BCUT2D eigenvalue weighted by atomic mass is 35.5. The first-order valence-electron chi connectivity index (χ1n) is 22.1. The molecule has 0 bridgehead atoms. The SMILES string of the molecule is CC(C)(C)CC1NC(C(=O)NCCOCCOCCOc2ccc(C(=O)NC3C(C)(C)C(Oc4ccc(C#N)c(Cl)c4)C3(C)C)cc2)[C@H](c2cccc(Cl)c2F)[C@@]1(C#N)c1ccc(Cl)cc1F. The zero-order valence-electron chi connectivity index (χ0n) is 38.6. The van der Waals surface area contributed by atoms with E-state index in [1.165, 1.54) is 30.3 Å². The molecule has 67 heavy (non-hydrogen) atoms. The smallest absolute Gasteiger partial charge is 0.251 e. The van der Waals surface area contributed by atoms with Crippen molar-refractivity contribution in [1.82, 2.24) is 16.0 Å². The van der Waals surface area contributed by atoms with Crippen molar-refractivity contribution in [2.24, 2.45) is 16.2 Å². The predicted molar refractivity (Wildman–Crippen MR) is 254 cm³/mol. The number of benzene rings is 4. The highest BCUT2D eigenvalue weighted by Gasteiger charge is 2.64. The largest absolute Gasteiger partial charge is 0.491 e. The maximum atomic E-state index is 15.9. The van der Waals surface area contributed by atoms with Crippen LogP contribution in [0.4, 0.5) is 8.78 Å². The van der Waals surface area contributed by atoms with Crippen molar-refractivity contribution in [3.63, 3.8) is 0 Å². The summed E-state index contributed by atoms with van der Waals surface area (Å²) in [6.45, 7) is 15.3. The lowest BCUT2D eigenvalue weighted by Crippen LogP contribution is -2.74. The summed E-state index contributed by atoms with van der Waals surface area (Å²) in [4.78, 5) is 27.3. The molecule has 4 aromatic rings. The fourth-order valence-electron chi connectivity index (χ4n) is 9.97. The number of ether oxygens (including phenoxy) is 4. The van der Waals surface area contributed by atoms with E-state index in [9.17, 15) is 20.1 Å². The molecule has 1 saturated heterocycles. The van der Waals surface area contributed by atoms with Crippen molar-refractivity contribution >= 4 is 46.6 Å². The Hall–Kier alpha value is -4.99. The van der Waals surface area contributed by atoms with Crippen LogP contribution in [0, 0.1) is 50.5 Å².